The number of carboxylic acid groups (broad SMARTS) is 1. The Hall–Kier alpha value is -3.16. The molecule has 2 rings (SSSR count). The van der Waals surface area contributed by atoms with Gasteiger partial charge in [-0.1, -0.05) is 53.9 Å². The standard InChI is InChI=1S/C13H20O2.C8H12O4.C5H6O2/c1-5-11(14)15-10-8-9-6-7-13(10,4)12(9,2)3;1-2-3-6-12-8(11)5-4-7(9)10;1-3-5(6)7-4-2/h5,9-10H,1,6-8H2,2-4H3;4-5H,2-3,6H2,1H3,(H,9,10);3-4H,1-2H2/b;5-4-;. The van der Waals surface area contributed by atoms with Crippen molar-refractivity contribution in [1.29, 1.82) is 0 Å². The Morgan fingerprint density at radius 3 is 2.00 bits per heavy atom. The molecular weight excluding hydrogens is 440 g/mol. The molecule has 3 unspecified atom stereocenters. The van der Waals surface area contributed by atoms with Gasteiger partial charge in [0.1, 0.15) is 6.10 Å². The zero-order valence-corrected chi connectivity index (χ0v) is 20.7. The molecule has 0 heterocycles. The van der Waals surface area contributed by atoms with Crippen LogP contribution in [0.4, 0.5) is 0 Å². The first-order chi connectivity index (χ1) is 15.9. The van der Waals surface area contributed by atoms with Gasteiger partial charge in [-0.15, -0.1) is 0 Å². The van der Waals surface area contributed by atoms with E-state index in [1.165, 1.54) is 18.9 Å². The van der Waals surface area contributed by atoms with Crippen LogP contribution in [0.5, 0.6) is 0 Å². The third-order valence-corrected chi connectivity index (χ3v) is 6.61. The predicted octanol–water partition coefficient (Wildman–Crippen LogP) is 4.76. The molecule has 0 spiro atoms. The fraction of sp³-hybridized carbons (Fsp3) is 0.538. The van der Waals surface area contributed by atoms with E-state index in [1.54, 1.807) is 0 Å². The molecule has 2 saturated carbocycles. The number of ether oxygens (including phenoxy) is 3. The molecule has 0 aromatic rings. The Morgan fingerprint density at radius 2 is 1.62 bits per heavy atom. The second-order valence-corrected chi connectivity index (χ2v) is 8.74. The van der Waals surface area contributed by atoms with Crippen molar-refractivity contribution in [2.75, 3.05) is 6.61 Å². The van der Waals surface area contributed by atoms with Gasteiger partial charge in [-0.3, -0.25) is 0 Å². The third-order valence-electron chi connectivity index (χ3n) is 6.61. The lowest BCUT2D eigenvalue weighted by Crippen LogP contribution is -2.38. The number of unbranched alkanes of at least 4 members (excludes halogenated alkanes) is 1. The third kappa shape index (κ3) is 9.37. The van der Waals surface area contributed by atoms with Gasteiger partial charge >= 0.3 is 23.9 Å². The maximum atomic E-state index is 11.3. The number of carbonyl (C=O) groups is 4. The van der Waals surface area contributed by atoms with Gasteiger partial charge in [0.15, 0.2) is 0 Å². The molecular formula is C26H38O8. The number of fused-ring (bicyclic) bond motifs is 2. The molecule has 2 aliphatic carbocycles. The molecule has 2 fully saturated rings. The number of rotatable bonds is 9. The lowest BCUT2D eigenvalue weighted by molar-refractivity contribution is -0.150. The first-order valence-corrected chi connectivity index (χ1v) is 11.2. The van der Waals surface area contributed by atoms with E-state index in [0.29, 0.717) is 17.9 Å². The molecule has 8 nitrogen and oxygen atoms in total. The van der Waals surface area contributed by atoms with E-state index in [9.17, 15) is 19.2 Å². The monoisotopic (exact) mass is 478 g/mol. The molecule has 1 N–H and O–H groups in total. The van der Waals surface area contributed by atoms with Gasteiger partial charge in [-0.05, 0) is 37.0 Å². The molecule has 0 radical (unpaired) electrons. The van der Waals surface area contributed by atoms with Crippen LogP contribution in [0.25, 0.3) is 0 Å². The normalized spacial score (nSPS) is 23.3. The average molecular weight is 479 g/mol. The summed E-state index contributed by atoms with van der Waals surface area (Å²) in [6, 6.07) is 0. The Balaban J connectivity index is 0.000000516. The van der Waals surface area contributed by atoms with Crippen molar-refractivity contribution in [3.8, 4) is 0 Å². The summed E-state index contributed by atoms with van der Waals surface area (Å²) in [5.41, 5.74) is 0.468. The lowest BCUT2D eigenvalue weighted by Gasteiger charge is -2.38. The minimum atomic E-state index is -1.15. The number of hydrogen-bond donors (Lipinski definition) is 1. The van der Waals surface area contributed by atoms with E-state index >= 15 is 0 Å². The smallest absolute Gasteiger partial charge is 0.334 e. The second kappa shape index (κ2) is 14.9. The molecule has 3 atom stereocenters. The molecule has 0 aromatic heterocycles. The Morgan fingerprint density at radius 1 is 1.00 bits per heavy atom. The van der Waals surface area contributed by atoms with Crippen molar-refractivity contribution in [2.24, 2.45) is 16.7 Å². The summed E-state index contributed by atoms with van der Waals surface area (Å²) in [5.74, 6) is -1.79. The summed E-state index contributed by atoms with van der Waals surface area (Å²) >= 11 is 0. The van der Waals surface area contributed by atoms with Crippen molar-refractivity contribution in [1.82, 2.24) is 0 Å². The molecule has 0 amide bonds. The highest BCUT2D eigenvalue weighted by molar-refractivity contribution is 5.90. The number of aliphatic carboxylic acids is 1. The highest BCUT2D eigenvalue weighted by Crippen LogP contribution is 2.66. The van der Waals surface area contributed by atoms with Crippen LogP contribution in [-0.2, 0) is 33.4 Å². The van der Waals surface area contributed by atoms with Crippen LogP contribution in [0.2, 0.25) is 0 Å². The van der Waals surface area contributed by atoms with Crippen molar-refractivity contribution in [2.45, 2.75) is 65.9 Å². The molecule has 8 heteroatoms. The first kappa shape index (κ1) is 30.8. The van der Waals surface area contributed by atoms with Gasteiger partial charge in [0.2, 0.25) is 0 Å². The predicted molar refractivity (Wildman–Crippen MR) is 128 cm³/mol. The molecule has 34 heavy (non-hydrogen) atoms. The zero-order chi connectivity index (χ0) is 26.4. The number of hydrogen-bond acceptors (Lipinski definition) is 7. The SMILES string of the molecule is C=CC(=O)OC1CC2CCC1(C)C2(C)C.C=COC(=O)C=C.CCCCOC(=O)/C=C\C(=O)O. The average Bonchev–Trinajstić information content (AvgIpc) is 3.12. The molecule has 2 aliphatic rings. The van der Waals surface area contributed by atoms with Gasteiger partial charge in [0, 0.05) is 29.7 Å². The molecule has 0 aliphatic heterocycles. The van der Waals surface area contributed by atoms with Crippen LogP contribution in [0, 0.1) is 16.7 Å². The van der Waals surface area contributed by atoms with Crippen molar-refractivity contribution >= 4 is 23.9 Å². The largest absolute Gasteiger partial charge is 0.478 e. The second-order valence-electron chi connectivity index (χ2n) is 8.74. The van der Waals surface area contributed by atoms with Crippen molar-refractivity contribution < 1.29 is 38.5 Å². The quantitative estimate of drug-likeness (QED) is 0.166. The number of carbonyl (C=O) groups excluding carboxylic acids is 3. The van der Waals surface area contributed by atoms with E-state index in [0.717, 1.165) is 43.8 Å². The van der Waals surface area contributed by atoms with E-state index in [1.807, 2.05) is 6.92 Å². The maximum Gasteiger partial charge on any atom is 0.334 e. The van der Waals surface area contributed by atoms with E-state index in [4.69, 9.17) is 9.84 Å². The summed E-state index contributed by atoms with van der Waals surface area (Å²) in [6.07, 6.45) is 10.4. The highest BCUT2D eigenvalue weighted by Gasteiger charge is 2.62. The zero-order valence-electron chi connectivity index (χ0n) is 20.7. The van der Waals surface area contributed by atoms with Crippen molar-refractivity contribution in [3.63, 3.8) is 0 Å². The van der Waals surface area contributed by atoms with Gasteiger partial charge in [-0.25, -0.2) is 19.2 Å². The van der Waals surface area contributed by atoms with Crippen LogP contribution in [0.3, 0.4) is 0 Å². The molecule has 0 aromatic carbocycles. The van der Waals surface area contributed by atoms with Crippen LogP contribution >= 0.6 is 0 Å². The Labute approximate surface area is 202 Å². The van der Waals surface area contributed by atoms with Crippen LogP contribution < -0.4 is 0 Å². The van der Waals surface area contributed by atoms with Crippen LogP contribution in [0.1, 0.15) is 59.8 Å². The summed E-state index contributed by atoms with van der Waals surface area (Å²) < 4.78 is 14.3. The summed E-state index contributed by atoms with van der Waals surface area (Å²) in [4.78, 5) is 41.8. The highest BCUT2D eigenvalue weighted by atomic mass is 16.5. The molecule has 190 valence electrons. The van der Waals surface area contributed by atoms with E-state index < -0.39 is 17.9 Å². The first-order valence-electron chi connectivity index (χ1n) is 11.2. The summed E-state index contributed by atoms with van der Waals surface area (Å²) in [5, 5.41) is 8.14. The number of carboxylic acids is 1. The Bertz CT molecular complexity index is 780. The minimum Gasteiger partial charge on any atom is -0.478 e. The van der Waals surface area contributed by atoms with E-state index in [2.05, 4.69) is 50.0 Å². The minimum absolute atomic E-state index is 0.0942. The van der Waals surface area contributed by atoms with Crippen molar-refractivity contribution in [3.05, 3.63) is 50.3 Å². The molecule has 2 bridgehead atoms. The van der Waals surface area contributed by atoms with Gasteiger partial charge in [0.05, 0.1) is 12.9 Å². The van der Waals surface area contributed by atoms with Gasteiger partial charge in [0.25, 0.3) is 0 Å². The maximum absolute atomic E-state index is 11.3. The van der Waals surface area contributed by atoms with Crippen LogP contribution in [0.15, 0.2) is 50.3 Å². The summed E-state index contributed by atoms with van der Waals surface area (Å²) in [6.45, 7) is 19.0. The summed E-state index contributed by atoms with van der Waals surface area (Å²) in [7, 11) is 0. The number of esters is 3. The van der Waals surface area contributed by atoms with E-state index in [-0.39, 0.29) is 17.5 Å². The topological polar surface area (TPSA) is 116 Å². The lowest BCUT2D eigenvalue weighted by atomic mass is 9.70. The molecule has 0 saturated heterocycles. The van der Waals surface area contributed by atoms with Gasteiger partial charge in [-0.2, -0.15) is 0 Å². The Kier molecular flexibility index (Phi) is 13.5. The van der Waals surface area contributed by atoms with Crippen LogP contribution in [-0.4, -0.2) is 41.7 Å². The van der Waals surface area contributed by atoms with Gasteiger partial charge < -0.3 is 19.3 Å². The fourth-order valence-electron chi connectivity index (χ4n) is 4.13. The fourth-order valence-corrected chi connectivity index (χ4v) is 4.13.